The maximum atomic E-state index is 11.7. The Morgan fingerprint density at radius 2 is 1.78 bits per heavy atom. The van der Waals surface area contributed by atoms with Crippen molar-refractivity contribution in [2.24, 2.45) is 0 Å². The van der Waals surface area contributed by atoms with Crippen LogP contribution < -0.4 is 5.56 Å². The molecule has 2 aromatic carbocycles. The molecule has 5 heteroatoms. The van der Waals surface area contributed by atoms with E-state index in [4.69, 9.17) is 5.11 Å². The van der Waals surface area contributed by atoms with Crippen LogP contribution in [0.25, 0.3) is 10.8 Å². The molecule has 0 atom stereocenters. The third kappa shape index (κ3) is 3.63. The molecular formula is C18H18N2O3. The highest BCUT2D eigenvalue weighted by Crippen LogP contribution is 2.17. The summed E-state index contributed by atoms with van der Waals surface area (Å²) in [5.74, 6) is -0.962. The van der Waals surface area contributed by atoms with Crippen LogP contribution in [0.4, 0.5) is 0 Å². The van der Waals surface area contributed by atoms with Crippen molar-refractivity contribution < 1.29 is 9.90 Å². The molecular weight excluding hydrogens is 292 g/mol. The summed E-state index contributed by atoms with van der Waals surface area (Å²) in [7, 11) is 0. The molecule has 0 radical (unpaired) electrons. The molecule has 0 aliphatic rings. The van der Waals surface area contributed by atoms with Crippen LogP contribution >= 0.6 is 0 Å². The van der Waals surface area contributed by atoms with Gasteiger partial charge in [0.2, 0.25) is 0 Å². The predicted molar refractivity (Wildman–Crippen MR) is 89.9 cm³/mol. The van der Waals surface area contributed by atoms with Crippen molar-refractivity contribution >= 4 is 16.7 Å². The van der Waals surface area contributed by atoms with Crippen molar-refractivity contribution in [2.45, 2.75) is 20.3 Å². The summed E-state index contributed by atoms with van der Waals surface area (Å²) in [6.07, 6.45) is 0.457. The highest BCUT2D eigenvalue weighted by Gasteiger charge is 2.08. The number of nitrogens with one attached hydrogen (secondary N) is 1. The normalized spacial score (nSPS) is 10.0. The first kappa shape index (κ1) is 16.4. The third-order valence-corrected chi connectivity index (χ3v) is 3.32. The molecule has 1 heterocycles. The van der Waals surface area contributed by atoms with Crippen LogP contribution in [0.5, 0.6) is 0 Å². The summed E-state index contributed by atoms with van der Waals surface area (Å²) < 4.78 is 0. The molecule has 118 valence electrons. The second-order valence-electron chi connectivity index (χ2n) is 4.73. The molecule has 1 aromatic heterocycles. The van der Waals surface area contributed by atoms with Gasteiger partial charge in [0.05, 0.1) is 16.6 Å². The molecule has 0 fully saturated rings. The second kappa shape index (κ2) is 7.35. The fraction of sp³-hybridized carbons (Fsp3) is 0.167. The molecule has 0 saturated carbocycles. The van der Waals surface area contributed by atoms with Crippen molar-refractivity contribution in [3.05, 3.63) is 75.7 Å². The molecule has 23 heavy (non-hydrogen) atoms. The zero-order valence-electron chi connectivity index (χ0n) is 13.0. The lowest BCUT2D eigenvalue weighted by Crippen LogP contribution is -2.11. The van der Waals surface area contributed by atoms with Crippen LogP contribution in [-0.4, -0.2) is 21.3 Å². The highest BCUT2D eigenvalue weighted by atomic mass is 16.4. The van der Waals surface area contributed by atoms with E-state index < -0.39 is 5.97 Å². The number of fused-ring (bicyclic) bond motifs is 1. The molecule has 0 aliphatic carbocycles. The number of hydrogen-bond donors (Lipinski definition) is 2. The van der Waals surface area contributed by atoms with Crippen molar-refractivity contribution in [2.75, 3.05) is 0 Å². The van der Waals surface area contributed by atoms with E-state index >= 15 is 0 Å². The van der Waals surface area contributed by atoms with Crippen LogP contribution in [0.3, 0.4) is 0 Å². The minimum Gasteiger partial charge on any atom is -0.478 e. The second-order valence-corrected chi connectivity index (χ2v) is 4.73. The van der Waals surface area contributed by atoms with Gasteiger partial charge in [-0.1, -0.05) is 44.2 Å². The van der Waals surface area contributed by atoms with E-state index in [-0.39, 0.29) is 11.1 Å². The topological polar surface area (TPSA) is 83.0 Å². The van der Waals surface area contributed by atoms with Crippen LogP contribution in [0, 0.1) is 0 Å². The first-order valence-electron chi connectivity index (χ1n) is 7.43. The van der Waals surface area contributed by atoms with Gasteiger partial charge in [0.1, 0.15) is 0 Å². The van der Waals surface area contributed by atoms with Crippen molar-refractivity contribution in [3.63, 3.8) is 0 Å². The molecule has 3 rings (SSSR count). The van der Waals surface area contributed by atoms with E-state index in [2.05, 4.69) is 10.2 Å². The first-order valence-corrected chi connectivity index (χ1v) is 7.43. The van der Waals surface area contributed by atoms with Crippen LogP contribution in [0.2, 0.25) is 0 Å². The molecule has 0 amide bonds. The Kier molecular flexibility index (Phi) is 5.25. The Morgan fingerprint density at radius 3 is 2.48 bits per heavy atom. The molecule has 0 spiro atoms. The highest BCUT2D eigenvalue weighted by molar-refractivity contribution is 5.88. The quantitative estimate of drug-likeness (QED) is 0.778. The fourth-order valence-electron chi connectivity index (χ4n) is 2.31. The number of carboxylic acid groups (broad SMARTS) is 1. The van der Waals surface area contributed by atoms with Gasteiger partial charge in [0.15, 0.2) is 0 Å². The molecule has 0 aliphatic heterocycles. The number of carbonyl (C=O) groups is 1. The van der Waals surface area contributed by atoms with Crippen LogP contribution in [-0.2, 0) is 6.42 Å². The average Bonchev–Trinajstić information content (AvgIpc) is 2.60. The SMILES string of the molecule is CC.O=C(O)c1cccc(Cc2n[nH]c(=O)c3ccccc23)c1. The zero-order chi connectivity index (χ0) is 16.8. The Bertz CT molecular complexity index is 885. The van der Waals surface area contributed by atoms with Gasteiger partial charge < -0.3 is 5.11 Å². The minimum atomic E-state index is -0.962. The van der Waals surface area contributed by atoms with Gasteiger partial charge in [-0.2, -0.15) is 5.10 Å². The van der Waals surface area contributed by atoms with Gasteiger partial charge >= 0.3 is 5.97 Å². The van der Waals surface area contributed by atoms with E-state index in [1.165, 1.54) is 0 Å². The average molecular weight is 310 g/mol. The van der Waals surface area contributed by atoms with Crippen molar-refractivity contribution in [3.8, 4) is 0 Å². The summed E-state index contributed by atoms with van der Waals surface area (Å²) in [6, 6.07) is 13.9. The number of aromatic nitrogens is 2. The van der Waals surface area contributed by atoms with Crippen LogP contribution in [0.1, 0.15) is 35.5 Å². The molecule has 0 unspecified atom stereocenters. The maximum absolute atomic E-state index is 11.7. The Balaban J connectivity index is 0.000000924. The number of benzene rings is 2. The van der Waals surface area contributed by atoms with Gasteiger partial charge in [0, 0.05) is 11.8 Å². The van der Waals surface area contributed by atoms with E-state index in [1.54, 1.807) is 30.3 Å². The molecule has 2 N–H and O–H groups in total. The third-order valence-electron chi connectivity index (χ3n) is 3.32. The van der Waals surface area contributed by atoms with E-state index in [0.29, 0.717) is 17.5 Å². The summed E-state index contributed by atoms with van der Waals surface area (Å²) in [6.45, 7) is 4.00. The molecule has 5 nitrogen and oxygen atoms in total. The number of aromatic carboxylic acids is 1. The summed E-state index contributed by atoms with van der Waals surface area (Å²) in [5, 5.41) is 17.0. The smallest absolute Gasteiger partial charge is 0.335 e. The standard InChI is InChI=1S/C16H12N2O3.C2H6/c19-15-13-7-2-1-6-12(13)14(17-18-15)9-10-4-3-5-11(8-10)16(20)21;1-2/h1-8H,9H2,(H,18,19)(H,20,21);1-2H3. The van der Waals surface area contributed by atoms with Crippen molar-refractivity contribution in [1.29, 1.82) is 0 Å². The summed E-state index contributed by atoms with van der Waals surface area (Å²) in [5.41, 5.74) is 1.56. The molecule has 0 saturated heterocycles. The van der Waals surface area contributed by atoms with E-state index in [1.807, 2.05) is 32.0 Å². The molecule has 0 bridgehead atoms. The van der Waals surface area contributed by atoms with Gasteiger partial charge in [-0.3, -0.25) is 4.79 Å². The van der Waals surface area contributed by atoms with Crippen molar-refractivity contribution in [1.82, 2.24) is 10.2 Å². The monoisotopic (exact) mass is 310 g/mol. The number of rotatable bonds is 3. The Labute approximate surface area is 133 Å². The van der Waals surface area contributed by atoms with E-state index in [9.17, 15) is 9.59 Å². The lowest BCUT2D eigenvalue weighted by molar-refractivity contribution is 0.0697. The number of hydrogen-bond acceptors (Lipinski definition) is 3. The first-order chi connectivity index (χ1) is 11.1. The zero-order valence-corrected chi connectivity index (χ0v) is 13.0. The van der Waals surface area contributed by atoms with Gasteiger partial charge in [0.25, 0.3) is 5.56 Å². The largest absolute Gasteiger partial charge is 0.478 e. The van der Waals surface area contributed by atoms with E-state index in [0.717, 1.165) is 10.9 Å². The number of aromatic amines is 1. The Morgan fingerprint density at radius 1 is 1.09 bits per heavy atom. The van der Waals surface area contributed by atoms with Gasteiger partial charge in [-0.15, -0.1) is 0 Å². The van der Waals surface area contributed by atoms with Gasteiger partial charge in [-0.05, 0) is 23.8 Å². The number of nitrogens with zero attached hydrogens (tertiary/aromatic N) is 1. The molecule has 3 aromatic rings. The lowest BCUT2D eigenvalue weighted by atomic mass is 10.0. The van der Waals surface area contributed by atoms with Crippen LogP contribution in [0.15, 0.2) is 53.3 Å². The van der Waals surface area contributed by atoms with Gasteiger partial charge in [-0.25, -0.2) is 9.89 Å². The maximum Gasteiger partial charge on any atom is 0.335 e. The number of carboxylic acids is 1. The fourth-order valence-corrected chi connectivity index (χ4v) is 2.31. The summed E-state index contributed by atoms with van der Waals surface area (Å²) >= 11 is 0. The summed E-state index contributed by atoms with van der Waals surface area (Å²) in [4.78, 5) is 22.7. The Hall–Kier alpha value is -2.95. The minimum absolute atomic E-state index is 0.228. The lowest BCUT2D eigenvalue weighted by Gasteiger charge is -2.05. The number of H-pyrrole nitrogens is 1. The predicted octanol–water partition coefficient (Wildman–Crippen LogP) is 3.24.